The van der Waals surface area contributed by atoms with Gasteiger partial charge in [0.2, 0.25) is 0 Å². The Bertz CT molecular complexity index is 932. The third-order valence-corrected chi connectivity index (χ3v) is 4.39. The van der Waals surface area contributed by atoms with Crippen molar-refractivity contribution in [2.75, 3.05) is 7.05 Å². The molecule has 0 radical (unpaired) electrons. The molecule has 3 aromatic rings. The average molecular weight is 380 g/mol. The van der Waals surface area contributed by atoms with Crippen molar-refractivity contribution in [3.63, 3.8) is 0 Å². The highest BCUT2D eigenvalue weighted by molar-refractivity contribution is 5.94. The number of para-hydroxylation sites is 2. The fourth-order valence-corrected chi connectivity index (χ4v) is 3.09. The van der Waals surface area contributed by atoms with Crippen LogP contribution in [-0.2, 0) is 17.9 Å². The molecular formula is C21H24N4O3. The Morgan fingerprint density at radius 3 is 2.54 bits per heavy atom. The van der Waals surface area contributed by atoms with Crippen LogP contribution in [-0.4, -0.2) is 44.9 Å². The second-order valence-electron chi connectivity index (χ2n) is 7.04. The van der Waals surface area contributed by atoms with Crippen molar-refractivity contribution in [1.82, 2.24) is 20.2 Å². The standard InChI is InChI=1S/C21H24N4O3/c1-14(11-20(26)27)22-21(28)16-9-7-15(8-10-16)12-25(2)13-19-23-17-5-3-4-6-18(17)24-19/h3-10,14H,11-13H2,1-2H3,(H,22,28)(H,23,24)(H,26,27). The normalized spacial score (nSPS) is 12.2. The maximum Gasteiger partial charge on any atom is 0.305 e. The van der Waals surface area contributed by atoms with Crippen LogP contribution in [0.25, 0.3) is 11.0 Å². The average Bonchev–Trinajstić information content (AvgIpc) is 3.03. The second kappa shape index (κ2) is 8.67. The lowest BCUT2D eigenvalue weighted by molar-refractivity contribution is -0.137. The minimum Gasteiger partial charge on any atom is -0.481 e. The largest absolute Gasteiger partial charge is 0.481 e. The number of rotatable bonds is 8. The van der Waals surface area contributed by atoms with Crippen LogP contribution in [0.2, 0.25) is 0 Å². The van der Waals surface area contributed by atoms with E-state index in [2.05, 4.69) is 20.2 Å². The van der Waals surface area contributed by atoms with Crippen LogP contribution in [0.3, 0.4) is 0 Å². The molecule has 0 aliphatic rings. The molecule has 1 amide bonds. The topological polar surface area (TPSA) is 98.3 Å². The molecule has 0 bridgehead atoms. The number of carboxylic acids is 1. The maximum absolute atomic E-state index is 12.2. The number of aromatic nitrogens is 2. The number of imidazole rings is 1. The molecule has 3 rings (SSSR count). The van der Waals surface area contributed by atoms with Gasteiger partial charge in [-0.3, -0.25) is 14.5 Å². The zero-order chi connectivity index (χ0) is 20.1. The highest BCUT2D eigenvalue weighted by Gasteiger charge is 2.13. The minimum atomic E-state index is -0.935. The highest BCUT2D eigenvalue weighted by Crippen LogP contribution is 2.13. The number of carbonyl (C=O) groups excluding carboxylic acids is 1. The number of amides is 1. The van der Waals surface area contributed by atoms with Crippen molar-refractivity contribution in [1.29, 1.82) is 0 Å². The molecule has 7 nitrogen and oxygen atoms in total. The number of benzene rings is 2. The maximum atomic E-state index is 12.2. The van der Waals surface area contributed by atoms with Crippen LogP contribution < -0.4 is 5.32 Å². The number of carboxylic acid groups (broad SMARTS) is 1. The van der Waals surface area contributed by atoms with E-state index >= 15 is 0 Å². The number of fused-ring (bicyclic) bond motifs is 1. The van der Waals surface area contributed by atoms with Gasteiger partial charge in [-0.1, -0.05) is 24.3 Å². The SMILES string of the molecule is CC(CC(=O)O)NC(=O)c1ccc(CN(C)Cc2nc3ccccc3[nH]2)cc1. The molecule has 28 heavy (non-hydrogen) atoms. The Balaban J connectivity index is 1.55. The quantitative estimate of drug-likeness (QED) is 0.558. The zero-order valence-corrected chi connectivity index (χ0v) is 16.0. The summed E-state index contributed by atoms with van der Waals surface area (Å²) in [7, 11) is 2.02. The fourth-order valence-electron chi connectivity index (χ4n) is 3.09. The van der Waals surface area contributed by atoms with Crippen LogP contribution in [0.1, 0.15) is 35.1 Å². The molecule has 0 saturated heterocycles. The Morgan fingerprint density at radius 1 is 1.14 bits per heavy atom. The van der Waals surface area contributed by atoms with Gasteiger partial charge in [0.1, 0.15) is 5.82 Å². The van der Waals surface area contributed by atoms with Crippen molar-refractivity contribution in [2.45, 2.75) is 32.5 Å². The van der Waals surface area contributed by atoms with Crippen molar-refractivity contribution >= 4 is 22.9 Å². The molecule has 1 heterocycles. The van der Waals surface area contributed by atoms with E-state index in [0.717, 1.165) is 22.4 Å². The number of H-pyrrole nitrogens is 1. The molecule has 0 fully saturated rings. The number of hydrogen-bond acceptors (Lipinski definition) is 4. The van der Waals surface area contributed by atoms with Gasteiger partial charge in [-0.15, -0.1) is 0 Å². The molecule has 0 aliphatic carbocycles. The van der Waals surface area contributed by atoms with Crippen LogP contribution in [0.5, 0.6) is 0 Å². The lowest BCUT2D eigenvalue weighted by atomic mass is 10.1. The lowest BCUT2D eigenvalue weighted by Crippen LogP contribution is -2.34. The molecule has 1 aromatic heterocycles. The Labute approximate surface area is 163 Å². The summed E-state index contributed by atoms with van der Waals surface area (Å²) < 4.78 is 0. The van der Waals surface area contributed by atoms with E-state index in [0.29, 0.717) is 18.7 Å². The molecule has 1 unspecified atom stereocenters. The predicted octanol–water partition coefficient (Wildman–Crippen LogP) is 2.79. The number of aliphatic carboxylic acids is 1. The number of nitrogens with zero attached hydrogens (tertiary/aromatic N) is 2. The van der Waals surface area contributed by atoms with Crippen LogP contribution >= 0.6 is 0 Å². The molecule has 0 saturated carbocycles. The molecule has 0 aliphatic heterocycles. The first-order valence-corrected chi connectivity index (χ1v) is 9.14. The third kappa shape index (κ3) is 5.17. The van der Waals surface area contributed by atoms with Crippen LogP contribution in [0, 0.1) is 0 Å². The Morgan fingerprint density at radius 2 is 1.86 bits per heavy atom. The summed E-state index contributed by atoms with van der Waals surface area (Å²) in [5, 5.41) is 11.5. The Hall–Kier alpha value is -3.19. The summed E-state index contributed by atoms with van der Waals surface area (Å²) in [6.07, 6.45) is -0.101. The summed E-state index contributed by atoms with van der Waals surface area (Å²) in [4.78, 5) is 32.9. The van der Waals surface area contributed by atoms with Gasteiger partial charge in [0.05, 0.1) is 24.0 Å². The molecular weight excluding hydrogens is 356 g/mol. The van der Waals surface area contributed by atoms with E-state index in [1.807, 2.05) is 43.4 Å². The van der Waals surface area contributed by atoms with Gasteiger partial charge >= 0.3 is 5.97 Å². The summed E-state index contributed by atoms with van der Waals surface area (Å²) in [5.74, 6) is -0.293. The van der Waals surface area contributed by atoms with Gasteiger partial charge in [0, 0.05) is 18.2 Å². The predicted molar refractivity (Wildman–Crippen MR) is 107 cm³/mol. The van der Waals surface area contributed by atoms with Crippen LogP contribution in [0.4, 0.5) is 0 Å². The first-order valence-electron chi connectivity index (χ1n) is 9.14. The highest BCUT2D eigenvalue weighted by atomic mass is 16.4. The Kier molecular flexibility index (Phi) is 6.06. The number of aromatic amines is 1. The van der Waals surface area contributed by atoms with E-state index in [4.69, 9.17) is 5.11 Å². The van der Waals surface area contributed by atoms with E-state index in [-0.39, 0.29) is 12.3 Å². The monoisotopic (exact) mass is 380 g/mol. The van der Waals surface area contributed by atoms with Crippen molar-refractivity contribution in [2.24, 2.45) is 0 Å². The third-order valence-electron chi connectivity index (χ3n) is 4.39. The molecule has 3 N–H and O–H groups in total. The summed E-state index contributed by atoms with van der Waals surface area (Å²) in [6, 6.07) is 14.9. The van der Waals surface area contributed by atoms with Crippen LogP contribution in [0.15, 0.2) is 48.5 Å². The lowest BCUT2D eigenvalue weighted by Gasteiger charge is -2.16. The molecule has 1 atom stereocenters. The number of carbonyl (C=O) groups is 2. The smallest absolute Gasteiger partial charge is 0.305 e. The molecule has 7 heteroatoms. The van der Waals surface area contributed by atoms with Gasteiger partial charge in [0.15, 0.2) is 0 Å². The summed E-state index contributed by atoms with van der Waals surface area (Å²) in [6.45, 7) is 3.07. The van der Waals surface area contributed by atoms with E-state index in [1.165, 1.54) is 0 Å². The second-order valence-corrected chi connectivity index (χ2v) is 7.04. The molecule has 0 spiro atoms. The van der Waals surface area contributed by atoms with E-state index in [1.54, 1.807) is 19.1 Å². The summed E-state index contributed by atoms with van der Waals surface area (Å²) >= 11 is 0. The van der Waals surface area contributed by atoms with Gasteiger partial charge in [0.25, 0.3) is 5.91 Å². The fraction of sp³-hybridized carbons (Fsp3) is 0.286. The first kappa shape index (κ1) is 19.6. The molecule has 2 aromatic carbocycles. The number of hydrogen-bond donors (Lipinski definition) is 3. The van der Waals surface area contributed by atoms with Crippen molar-refractivity contribution in [3.05, 3.63) is 65.5 Å². The molecule has 146 valence electrons. The van der Waals surface area contributed by atoms with Crippen molar-refractivity contribution < 1.29 is 14.7 Å². The van der Waals surface area contributed by atoms with E-state index in [9.17, 15) is 9.59 Å². The van der Waals surface area contributed by atoms with Gasteiger partial charge in [-0.05, 0) is 43.8 Å². The first-order chi connectivity index (χ1) is 13.4. The van der Waals surface area contributed by atoms with Gasteiger partial charge < -0.3 is 15.4 Å². The van der Waals surface area contributed by atoms with Gasteiger partial charge in [-0.2, -0.15) is 0 Å². The zero-order valence-electron chi connectivity index (χ0n) is 16.0. The van der Waals surface area contributed by atoms with Crippen molar-refractivity contribution in [3.8, 4) is 0 Å². The van der Waals surface area contributed by atoms with E-state index < -0.39 is 12.0 Å². The minimum absolute atomic E-state index is 0.101. The van der Waals surface area contributed by atoms with Gasteiger partial charge in [-0.25, -0.2) is 4.98 Å². The summed E-state index contributed by atoms with van der Waals surface area (Å²) in [5.41, 5.74) is 3.58. The number of nitrogens with one attached hydrogen (secondary N) is 2.